The lowest BCUT2D eigenvalue weighted by Gasteiger charge is -2.25. The van der Waals surface area contributed by atoms with E-state index >= 15 is 0 Å². The van der Waals surface area contributed by atoms with Crippen molar-refractivity contribution in [2.45, 2.75) is 71.1 Å². The molecule has 1 heteroatoms. The molecular formula is C26H34O. The molecule has 1 fully saturated rings. The van der Waals surface area contributed by atoms with Gasteiger partial charge in [0.2, 0.25) is 0 Å². The van der Waals surface area contributed by atoms with Crippen LogP contribution in [0.3, 0.4) is 0 Å². The Morgan fingerprint density at radius 1 is 0.778 bits per heavy atom. The monoisotopic (exact) mass is 362 g/mol. The highest BCUT2D eigenvalue weighted by Crippen LogP contribution is 2.31. The zero-order valence-corrected chi connectivity index (χ0v) is 16.8. The molecule has 0 bridgehead atoms. The van der Waals surface area contributed by atoms with Crippen LogP contribution in [0.2, 0.25) is 0 Å². The smallest absolute Gasteiger partial charge is 0.123 e. The maximum absolute atomic E-state index is 10.9. The minimum Gasteiger partial charge on any atom is -0.303 e. The number of hydrogen-bond acceptors (Lipinski definition) is 1. The van der Waals surface area contributed by atoms with Crippen LogP contribution in [0.5, 0.6) is 0 Å². The summed E-state index contributed by atoms with van der Waals surface area (Å²) in [6.07, 6.45) is 13.3. The van der Waals surface area contributed by atoms with Crippen LogP contribution in [0.15, 0.2) is 48.5 Å². The fourth-order valence-corrected chi connectivity index (χ4v) is 4.29. The third-order valence-corrected chi connectivity index (χ3v) is 6.24. The zero-order chi connectivity index (χ0) is 18.9. The van der Waals surface area contributed by atoms with Crippen molar-refractivity contribution in [1.82, 2.24) is 0 Å². The van der Waals surface area contributed by atoms with Crippen molar-refractivity contribution in [2.75, 3.05) is 0 Å². The van der Waals surface area contributed by atoms with Gasteiger partial charge in [-0.2, -0.15) is 0 Å². The summed E-state index contributed by atoms with van der Waals surface area (Å²) in [6.45, 7) is 2.25. The average Bonchev–Trinajstić information content (AvgIpc) is 2.74. The normalized spacial score (nSPS) is 19.7. The van der Waals surface area contributed by atoms with E-state index in [1.165, 1.54) is 67.2 Å². The van der Waals surface area contributed by atoms with Crippen molar-refractivity contribution >= 4 is 6.29 Å². The molecule has 0 heterocycles. The predicted molar refractivity (Wildman–Crippen MR) is 115 cm³/mol. The molecule has 144 valence electrons. The van der Waals surface area contributed by atoms with E-state index in [0.717, 1.165) is 31.5 Å². The molecule has 0 aromatic heterocycles. The molecule has 0 spiro atoms. The summed E-state index contributed by atoms with van der Waals surface area (Å²) >= 11 is 0. The minimum absolute atomic E-state index is 0.332. The molecule has 0 N–H and O–H groups in total. The highest BCUT2D eigenvalue weighted by atomic mass is 16.1. The number of hydrogen-bond donors (Lipinski definition) is 0. The van der Waals surface area contributed by atoms with Gasteiger partial charge in [-0.25, -0.2) is 0 Å². The molecule has 3 rings (SSSR count). The van der Waals surface area contributed by atoms with E-state index in [2.05, 4.69) is 55.5 Å². The molecule has 1 saturated carbocycles. The van der Waals surface area contributed by atoms with Crippen LogP contribution in [0.25, 0.3) is 11.1 Å². The number of carbonyl (C=O) groups excluding carboxylic acids is 1. The van der Waals surface area contributed by atoms with Crippen LogP contribution in [-0.4, -0.2) is 6.29 Å². The molecule has 1 aliphatic rings. The Morgan fingerprint density at radius 3 is 1.85 bits per heavy atom. The lowest BCUT2D eigenvalue weighted by molar-refractivity contribution is -0.112. The van der Waals surface area contributed by atoms with Gasteiger partial charge in [-0.05, 0) is 79.5 Å². The third kappa shape index (κ3) is 6.06. The summed E-state index contributed by atoms with van der Waals surface area (Å²) in [5.74, 6) is 1.14. The summed E-state index contributed by atoms with van der Waals surface area (Å²) in [7, 11) is 0. The fraction of sp³-hybridized carbons (Fsp3) is 0.500. The van der Waals surface area contributed by atoms with Crippen molar-refractivity contribution < 1.29 is 4.79 Å². The fourth-order valence-electron chi connectivity index (χ4n) is 4.29. The highest BCUT2D eigenvalue weighted by molar-refractivity contribution is 5.64. The standard InChI is InChI=1S/C26H34O/c1-2-3-4-5-21-12-16-25(17-13-21)26-18-14-23(15-19-26)7-6-22-8-10-24(20-27)11-9-22/h12-20,22,24H,2-11H2,1H3/t22-,24-. The summed E-state index contributed by atoms with van der Waals surface area (Å²) < 4.78 is 0. The minimum atomic E-state index is 0.332. The first-order chi connectivity index (χ1) is 13.3. The molecule has 0 radical (unpaired) electrons. The maximum atomic E-state index is 10.9. The quantitative estimate of drug-likeness (QED) is 0.346. The lowest BCUT2D eigenvalue weighted by atomic mass is 9.80. The number of benzene rings is 2. The first kappa shape index (κ1) is 19.9. The van der Waals surface area contributed by atoms with Crippen molar-refractivity contribution in [2.24, 2.45) is 11.8 Å². The topological polar surface area (TPSA) is 17.1 Å². The molecule has 0 atom stereocenters. The number of rotatable bonds is 9. The first-order valence-electron chi connectivity index (χ1n) is 10.9. The van der Waals surface area contributed by atoms with Crippen LogP contribution in [0.1, 0.15) is 69.4 Å². The largest absolute Gasteiger partial charge is 0.303 e. The molecule has 0 unspecified atom stereocenters. The average molecular weight is 363 g/mol. The van der Waals surface area contributed by atoms with Gasteiger partial charge in [-0.1, -0.05) is 68.3 Å². The first-order valence-corrected chi connectivity index (χ1v) is 10.9. The second kappa shape index (κ2) is 10.4. The number of aryl methyl sites for hydroxylation is 2. The molecule has 0 saturated heterocycles. The van der Waals surface area contributed by atoms with Gasteiger partial charge in [0.1, 0.15) is 6.29 Å². The SMILES string of the molecule is CCCCCc1ccc(-c2ccc(CC[C@H]3CC[C@H](C=O)CC3)cc2)cc1. The summed E-state index contributed by atoms with van der Waals surface area (Å²) in [5, 5.41) is 0. The van der Waals surface area contributed by atoms with E-state index in [-0.39, 0.29) is 0 Å². The summed E-state index contributed by atoms with van der Waals surface area (Å²) in [6, 6.07) is 18.2. The van der Waals surface area contributed by atoms with Gasteiger partial charge >= 0.3 is 0 Å². The van der Waals surface area contributed by atoms with E-state index in [1.54, 1.807) is 0 Å². The second-order valence-corrected chi connectivity index (χ2v) is 8.31. The maximum Gasteiger partial charge on any atom is 0.123 e. The van der Waals surface area contributed by atoms with Crippen molar-refractivity contribution in [3.63, 3.8) is 0 Å². The molecular weight excluding hydrogens is 328 g/mol. The highest BCUT2D eigenvalue weighted by Gasteiger charge is 2.20. The van der Waals surface area contributed by atoms with Crippen LogP contribution in [0, 0.1) is 11.8 Å². The van der Waals surface area contributed by atoms with Crippen LogP contribution in [-0.2, 0) is 17.6 Å². The molecule has 1 aliphatic carbocycles. The van der Waals surface area contributed by atoms with Gasteiger partial charge in [-0.3, -0.25) is 0 Å². The molecule has 0 amide bonds. The number of carbonyl (C=O) groups is 1. The number of aldehydes is 1. The van der Waals surface area contributed by atoms with Gasteiger partial charge in [0, 0.05) is 5.92 Å². The summed E-state index contributed by atoms with van der Waals surface area (Å²) in [4.78, 5) is 10.9. The van der Waals surface area contributed by atoms with Gasteiger partial charge < -0.3 is 4.79 Å². The van der Waals surface area contributed by atoms with E-state index in [1.807, 2.05) is 0 Å². The van der Waals surface area contributed by atoms with Crippen molar-refractivity contribution in [3.05, 3.63) is 59.7 Å². The molecule has 27 heavy (non-hydrogen) atoms. The van der Waals surface area contributed by atoms with Gasteiger partial charge in [0.15, 0.2) is 0 Å². The zero-order valence-electron chi connectivity index (χ0n) is 16.8. The van der Waals surface area contributed by atoms with E-state index in [9.17, 15) is 4.79 Å². The van der Waals surface area contributed by atoms with E-state index in [4.69, 9.17) is 0 Å². The van der Waals surface area contributed by atoms with Gasteiger partial charge in [0.05, 0.1) is 0 Å². The third-order valence-electron chi connectivity index (χ3n) is 6.24. The number of unbranched alkanes of at least 4 members (excludes halogenated alkanes) is 2. The van der Waals surface area contributed by atoms with Crippen LogP contribution >= 0.6 is 0 Å². The Hall–Kier alpha value is -1.89. The van der Waals surface area contributed by atoms with Crippen LogP contribution < -0.4 is 0 Å². The molecule has 2 aromatic carbocycles. The van der Waals surface area contributed by atoms with E-state index in [0.29, 0.717) is 5.92 Å². The summed E-state index contributed by atoms with van der Waals surface area (Å²) in [5.41, 5.74) is 5.51. The van der Waals surface area contributed by atoms with Gasteiger partial charge in [0.25, 0.3) is 0 Å². The predicted octanol–water partition coefficient (Wildman–Crippen LogP) is 7.02. The molecule has 0 aliphatic heterocycles. The second-order valence-electron chi connectivity index (χ2n) is 8.31. The van der Waals surface area contributed by atoms with Crippen molar-refractivity contribution in [3.8, 4) is 11.1 Å². The Morgan fingerprint density at radius 2 is 1.33 bits per heavy atom. The Labute approximate surface area is 165 Å². The molecule has 2 aromatic rings. The van der Waals surface area contributed by atoms with Gasteiger partial charge in [-0.15, -0.1) is 0 Å². The Kier molecular flexibility index (Phi) is 7.68. The van der Waals surface area contributed by atoms with Crippen LogP contribution in [0.4, 0.5) is 0 Å². The van der Waals surface area contributed by atoms with Crippen molar-refractivity contribution in [1.29, 1.82) is 0 Å². The van der Waals surface area contributed by atoms with E-state index < -0.39 is 0 Å². The lowest BCUT2D eigenvalue weighted by Crippen LogP contribution is -2.15. The Balaban J connectivity index is 1.49. The molecule has 1 nitrogen and oxygen atoms in total. The Bertz CT molecular complexity index is 675.